The number of hydrogen-bond acceptors (Lipinski definition) is 2. The molecule has 0 saturated carbocycles. The highest BCUT2D eigenvalue weighted by Crippen LogP contribution is 2.27. The van der Waals surface area contributed by atoms with E-state index in [9.17, 15) is 0 Å². The van der Waals surface area contributed by atoms with Gasteiger partial charge in [-0.1, -0.05) is 22.0 Å². The van der Waals surface area contributed by atoms with Crippen molar-refractivity contribution in [2.24, 2.45) is 0 Å². The van der Waals surface area contributed by atoms with Crippen LogP contribution in [0.2, 0.25) is 0 Å². The summed E-state index contributed by atoms with van der Waals surface area (Å²) in [5.74, 6) is 0.678. The van der Waals surface area contributed by atoms with E-state index in [1.54, 1.807) is 0 Å². The van der Waals surface area contributed by atoms with E-state index in [4.69, 9.17) is 0 Å². The van der Waals surface area contributed by atoms with Crippen molar-refractivity contribution in [3.05, 3.63) is 40.5 Å². The number of hydrogen-bond donors (Lipinski definition) is 1. The Hall–Kier alpha value is -0.930. The number of pyridine rings is 1. The molecule has 0 spiro atoms. The van der Waals surface area contributed by atoms with Crippen LogP contribution in [0.25, 0.3) is 10.9 Å². The Balaban J connectivity index is 1.98. The largest absolute Gasteiger partial charge is 0.317 e. The van der Waals surface area contributed by atoms with Crippen molar-refractivity contribution in [3.63, 3.8) is 0 Å². The number of halogens is 1. The number of nitrogens with one attached hydrogen (secondary N) is 1. The fourth-order valence-electron chi connectivity index (χ4n) is 2.49. The Morgan fingerprint density at radius 1 is 1.18 bits per heavy atom. The Labute approximate surface area is 110 Å². The molecule has 3 rings (SSSR count). The van der Waals surface area contributed by atoms with Gasteiger partial charge in [-0.05, 0) is 55.6 Å². The maximum atomic E-state index is 4.57. The molecule has 1 saturated heterocycles. The third-order valence-corrected chi connectivity index (χ3v) is 3.97. The van der Waals surface area contributed by atoms with E-state index >= 15 is 0 Å². The zero-order chi connectivity index (χ0) is 11.7. The Morgan fingerprint density at radius 3 is 2.82 bits per heavy atom. The van der Waals surface area contributed by atoms with E-state index in [-0.39, 0.29) is 0 Å². The normalized spacial score (nSPS) is 17.5. The average Bonchev–Trinajstić information content (AvgIpc) is 2.39. The first-order valence-corrected chi connectivity index (χ1v) is 6.88. The summed E-state index contributed by atoms with van der Waals surface area (Å²) in [6.45, 7) is 2.26. The molecular weight excluding hydrogens is 276 g/mol. The predicted molar refractivity (Wildman–Crippen MR) is 74.3 cm³/mol. The van der Waals surface area contributed by atoms with Crippen molar-refractivity contribution in [2.75, 3.05) is 13.1 Å². The monoisotopic (exact) mass is 290 g/mol. The molecule has 1 N–H and O–H groups in total. The molecule has 88 valence electrons. The summed E-state index contributed by atoms with van der Waals surface area (Å²) in [5.41, 5.74) is 2.46. The molecule has 2 heterocycles. The van der Waals surface area contributed by atoms with Crippen molar-refractivity contribution < 1.29 is 0 Å². The van der Waals surface area contributed by atoms with Crippen molar-refractivity contribution in [1.29, 1.82) is 0 Å². The number of benzene rings is 1. The summed E-state index contributed by atoms with van der Waals surface area (Å²) in [4.78, 5) is 4.57. The molecule has 0 atom stereocenters. The molecule has 3 heteroatoms. The summed E-state index contributed by atoms with van der Waals surface area (Å²) in [6, 6.07) is 8.58. The van der Waals surface area contributed by atoms with Gasteiger partial charge in [-0.2, -0.15) is 0 Å². The minimum absolute atomic E-state index is 0.678. The zero-order valence-electron chi connectivity index (χ0n) is 9.62. The molecule has 2 aromatic rings. The third kappa shape index (κ3) is 2.35. The van der Waals surface area contributed by atoms with E-state index in [0.717, 1.165) is 23.1 Å². The molecule has 1 aliphatic rings. The minimum Gasteiger partial charge on any atom is -0.317 e. The van der Waals surface area contributed by atoms with Crippen molar-refractivity contribution in [2.45, 2.75) is 18.8 Å². The lowest BCUT2D eigenvalue weighted by Gasteiger charge is -2.22. The van der Waals surface area contributed by atoms with Crippen molar-refractivity contribution >= 4 is 26.8 Å². The number of fused-ring (bicyclic) bond motifs is 1. The molecular formula is C14H15BrN2. The number of rotatable bonds is 1. The van der Waals surface area contributed by atoms with Gasteiger partial charge in [0.2, 0.25) is 0 Å². The van der Waals surface area contributed by atoms with Gasteiger partial charge in [0.1, 0.15) is 0 Å². The lowest BCUT2D eigenvalue weighted by atomic mass is 9.91. The van der Waals surface area contributed by atoms with Gasteiger partial charge in [0, 0.05) is 16.1 Å². The average molecular weight is 291 g/mol. The molecule has 2 nitrogen and oxygen atoms in total. The first kappa shape index (κ1) is 11.2. The van der Waals surface area contributed by atoms with Gasteiger partial charge in [-0.3, -0.25) is 4.98 Å². The molecule has 1 aromatic heterocycles. The fourth-order valence-corrected chi connectivity index (χ4v) is 2.84. The van der Waals surface area contributed by atoms with Crippen molar-refractivity contribution in [3.8, 4) is 0 Å². The van der Waals surface area contributed by atoms with Gasteiger partial charge in [0.15, 0.2) is 0 Å². The van der Waals surface area contributed by atoms with Gasteiger partial charge in [0.05, 0.1) is 5.52 Å². The standard InChI is InChI=1S/C14H15BrN2/c15-13-2-1-11-7-12(9-17-14(11)8-13)10-3-5-16-6-4-10/h1-2,7-10,16H,3-6H2. The highest BCUT2D eigenvalue weighted by Gasteiger charge is 2.15. The molecule has 0 radical (unpaired) electrons. The highest BCUT2D eigenvalue weighted by atomic mass is 79.9. The minimum atomic E-state index is 0.678. The number of piperidine rings is 1. The van der Waals surface area contributed by atoms with Crippen LogP contribution in [0.5, 0.6) is 0 Å². The van der Waals surface area contributed by atoms with E-state index in [2.05, 4.69) is 50.5 Å². The quantitative estimate of drug-likeness (QED) is 0.870. The molecule has 1 aliphatic heterocycles. The molecule has 0 aliphatic carbocycles. The molecule has 17 heavy (non-hydrogen) atoms. The molecule has 1 fully saturated rings. The van der Waals surface area contributed by atoms with Crippen LogP contribution in [0.3, 0.4) is 0 Å². The summed E-state index contributed by atoms with van der Waals surface area (Å²) < 4.78 is 1.09. The van der Waals surface area contributed by atoms with E-state index < -0.39 is 0 Å². The van der Waals surface area contributed by atoms with Gasteiger partial charge in [0.25, 0.3) is 0 Å². The highest BCUT2D eigenvalue weighted by molar-refractivity contribution is 9.10. The van der Waals surface area contributed by atoms with E-state index in [1.165, 1.54) is 23.8 Å². The van der Waals surface area contributed by atoms with Crippen LogP contribution in [0.1, 0.15) is 24.3 Å². The molecule has 1 aromatic carbocycles. The van der Waals surface area contributed by atoms with E-state index in [1.807, 2.05) is 6.20 Å². The smallest absolute Gasteiger partial charge is 0.0713 e. The second kappa shape index (κ2) is 4.75. The lowest BCUT2D eigenvalue weighted by molar-refractivity contribution is 0.460. The van der Waals surface area contributed by atoms with Crippen LogP contribution >= 0.6 is 15.9 Å². The van der Waals surface area contributed by atoms with Gasteiger partial charge in [-0.15, -0.1) is 0 Å². The third-order valence-electron chi connectivity index (χ3n) is 3.48. The first-order chi connectivity index (χ1) is 8.33. The topological polar surface area (TPSA) is 24.9 Å². The summed E-state index contributed by atoms with van der Waals surface area (Å²) in [6.07, 6.45) is 4.50. The van der Waals surface area contributed by atoms with Crippen molar-refractivity contribution in [1.82, 2.24) is 10.3 Å². The van der Waals surface area contributed by atoms with Crippen LogP contribution in [-0.4, -0.2) is 18.1 Å². The van der Waals surface area contributed by atoms with Crippen LogP contribution < -0.4 is 5.32 Å². The van der Waals surface area contributed by atoms with Crippen LogP contribution in [-0.2, 0) is 0 Å². The number of nitrogens with zero attached hydrogens (tertiary/aromatic N) is 1. The molecule has 0 amide bonds. The number of aromatic nitrogens is 1. The fraction of sp³-hybridized carbons (Fsp3) is 0.357. The first-order valence-electron chi connectivity index (χ1n) is 6.09. The maximum Gasteiger partial charge on any atom is 0.0713 e. The van der Waals surface area contributed by atoms with E-state index in [0.29, 0.717) is 5.92 Å². The summed E-state index contributed by atoms with van der Waals surface area (Å²) >= 11 is 3.48. The van der Waals surface area contributed by atoms with Gasteiger partial charge in [-0.25, -0.2) is 0 Å². The summed E-state index contributed by atoms with van der Waals surface area (Å²) in [7, 11) is 0. The van der Waals surface area contributed by atoms with Gasteiger partial charge < -0.3 is 5.32 Å². The molecule has 0 bridgehead atoms. The second-order valence-electron chi connectivity index (χ2n) is 4.63. The Bertz CT molecular complexity index is 533. The van der Waals surface area contributed by atoms with Crippen LogP contribution in [0, 0.1) is 0 Å². The lowest BCUT2D eigenvalue weighted by Crippen LogP contribution is -2.26. The van der Waals surface area contributed by atoms with Crippen LogP contribution in [0.4, 0.5) is 0 Å². The molecule has 0 unspecified atom stereocenters. The zero-order valence-corrected chi connectivity index (χ0v) is 11.2. The van der Waals surface area contributed by atoms with Crippen LogP contribution in [0.15, 0.2) is 34.9 Å². The maximum absolute atomic E-state index is 4.57. The summed E-state index contributed by atoms with van der Waals surface area (Å²) in [5, 5.41) is 4.64. The Morgan fingerprint density at radius 2 is 2.00 bits per heavy atom. The second-order valence-corrected chi connectivity index (χ2v) is 5.55. The van der Waals surface area contributed by atoms with Gasteiger partial charge >= 0.3 is 0 Å². The SMILES string of the molecule is Brc1ccc2cc(C3CCNCC3)cnc2c1. The predicted octanol–water partition coefficient (Wildman–Crippen LogP) is 3.46. The Kier molecular flexibility index (Phi) is 3.12.